The number of aliphatic hydroxyl groups is 1. The molecule has 0 aromatic heterocycles. The predicted octanol–water partition coefficient (Wildman–Crippen LogP) is 1.50. The lowest BCUT2D eigenvalue weighted by atomic mass is 10.1. The van der Waals surface area contributed by atoms with Gasteiger partial charge in [-0.05, 0) is 23.8 Å². The van der Waals surface area contributed by atoms with Gasteiger partial charge in [0, 0.05) is 19.6 Å². The van der Waals surface area contributed by atoms with E-state index in [1.54, 1.807) is 0 Å². The lowest BCUT2D eigenvalue weighted by Gasteiger charge is -2.29. The first kappa shape index (κ1) is 9.37. The van der Waals surface area contributed by atoms with Crippen molar-refractivity contribution in [3.05, 3.63) is 35.9 Å². The second-order valence-electron chi connectivity index (χ2n) is 4.91. The molecule has 2 nitrogen and oxygen atoms in total. The second kappa shape index (κ2) is 3.62. The molecule has 2 aliphatic rings. The fraction of sp³-hybridized carbons (Fsp3) is 0.538. The van der Waals surface area contributed by atoms with E-state index < -0.39 is 0 Å². The van der Waals surface area contributed by atoms with Gasteiger partial charge in [-0.25, -0.2) is 0 Å². The van der Waals surface area contributed by atoms with Gasteiger partial charge in [-0.15, -0.1) is 0 Å². The van der Waals surface area contributed by atoms with E-state index in [0.29, 0.717) is 5.92 Å². The normalized spacial score (nSPS) is 34.9. The Balaban J connectivity index is 1.64. The van der Waals surface area contributed by atoms with E-state index in [1.165, 1.54) is 18.5 Å². The summed E-state index contributed by atoms with van der Waals surface area (Å²) >= 11 is 0. The van der Waals surface area contributed by atoms with Gasteiger partial charge in [0.2, 0.25) is 0 Å². The average Bonchev–Trinajstić information content (AvgIpc) is 2.99. The van der Waals surface area contributed by atoms with E-state index in [0.717, 1.165) is 19.0 Å². The number of aliphatic hydroxyl groups excluding tert-OH is 1. The van der Waals surface area contributed by atoms with Crippen molar-refractivity contribution in [2.75, 3.05) is 13.1 Å². The van der Waals surface area contributed by atoms with E-state index in [4.69, 9.17) is 0 Å². The van der Waals surface area contributed by atoms with E-state index in [2.05, 4.69) is 29.2 Å². The minimum atomic E-state index is -0.0764. The molecular weight excluding hydrogens is 186 g/mol. The fourth-order valence-corrected chi connectivity index (χ4v) is 2.73. The van der Waals surface area contributed by atoms with Crippen molar-refractivity contribution in [1.82, 2.24) is 4.90 Å². The zero-order valence-corrected chi connectivity index (χ0v) is 8.84. The van der Waals surface area contributed by atoms with Crippen LogP contribution in [-0.2, 0) is 6.54 Å². The molecule has 3 atom stereocenters. The highest BCUT2D eigenvalue weighted by molar-refractivity contribution is 5.15. The molecule has 1 heterocycles. The Hall–Kier alpha value is -0.860. The van der Waals surface area contributed by atoms with Crippen LogP contribution in [0.5, 0.6) is 0 Å². The molecule has 0 radical (unpaired) electrons. The number of rotatable bonds is 2. The molecule has 1 aliphatic carbocycles. The van der Waals surface area contributed by atoms with Gasteiger partial charge in [0.25, 0.3) is 0 Å². The Bertz CT molecular complexity index is 338. The van der Waals surface area contributed by atoms with Gasteiger partial charge >= 0.3 is 0 Å². The van der Waals surface area contributed by atoms with Crippen molar-refractivity contribution in [1.29, 1.82) is 0 Å². The Labute approximate surface area is 90.5 Å². The van der Waals surface area contributed by atoms with Gasteiger partial charge in [-0.3, -0.25) is 4.90 Å². The number of piperidine rings is 1. The third-order valence-corrected chi connectivity index (χ3v) is 3.66. The van der Waals surface area contributed by atoms with Gasteiger partial charge in [0.1, 0.15) is 0 Å². The molecule has 1 aliphatic heterocycles. The maximum atomic E-state index is 9.83. The number of fused-ring (bicyclic) bond motifs is 1. The van der Waals surface area contributed by atoms with Crippen molar-refractivity contribution in [2.24, 2.45) is 11.8 Å². The Kier molecular flexibility index (Phi) is 2.26. The van der Waals surface area contributed by atoms with Crippen LogP contribution < -0.4 is 0 Å². The maximum absolute atomic E-state index is 9.83. The summed E-state index contributed by atoms with van der Waals surface area (Å²) in [7, 11) is 0. The van der Waals surface area contributed by atoms with Gasteiger partial charge < -0.3 is 5.11 Å². The summed E-state index contributed by atoms with van der Waals surface area (Å²) in [6.07, 6.45) is 1.17. The molecule has 2 fully saturated rings. The Morgan fingerprint density at radius 1 is 1.20 bits per heavy atom. The van der Waals surface area contributed by atoms with Gasteiger partial charge in [-0.1, -0.05) is 30.3 Å². The summed E-state index contributed by atoms with van der Waals surface area (Å²) in [5.41, 5.74) is 1.35. The molecule has 80 valence electrons. The first-order valence-electron chi connectivity index (χ1n) is 5.77. The molecule has 2 heteroatoms. The molecule has 1 saturated heterocycles. The molecule has 1 aromatic carbocycles. The van der Waals surface area contributed by atoms with Crippen molar-refractivity contribution < 1.29 is 5.11 Å². The minimum absolute atomic E-state index is 0.0764. The van der Waals surface area contributed by atoms with Crippen LogP contribution in [0.25, 0.3) is 0 Å². The van der Waals surface area contributed by atoms with Crippen molar-refractivity contribution >= 4 is 0 Å². The number of hydrogen-bond acceptors (Lipinski definition) is 2. The molecule has 1 N–H and O–H groups in total. The molecule has 3 unspecified atom stereocenters. The number of benzene rings is 1. The maximum Gasteiger partial charge on any atom is 0.0698 e. The molecule has 0 amide bonds. The first-order valence-corrected chi connectivity index (χ1v) is 5.77. The van der Waals surface area contributed by atoms with Crippen LogP contribution in [0.15, 0.2) is 30.3 Å². The molecular formula is C13H17NO. The van der Waals surface area contributed by atoms with Gasteiger partial charge in [0.15, 0.2) is 0 Å². The van der Waals surface area contributed by atoms with Crippen molar-refractivity contribution in [2.45, 2.75) is 19.1 Å². The number of β-amino-alcohol motifs (C(OH)–C–C–N with tert-alkyl or cyclic N) is 1. The lowest BCUT2D eigenvalue weighted by molar-refractivity contribution is 0.0570. The number of likely N-dealkylation sites (tertiary alicyclic amines) is 1. The lowest BCUT2D eigenvalue weighted by Crippen LogP contribution is -2.39. The molecule has 1 aromatic rings. The van der Waals surface area contributed by atoms with Crippen LogP contribution in [-0.4, -0.2) is 29.2 Å². The largest absolute Gasteiger partial charge is 0.391 e. The highest BCUT2D eigenvalue weighted by atomic mass is 16.3. The molecule has 1 saturated carbocycles. The molecule has 3 rings (SSSR count). The molecule has 0 bridgehead atoms. The van der Waals surface area contributed by atoms with E-state index in [1.807, 2.05) is 6.07 Å². The Morgan fingerprint density at radius 2 is 2.00 bits per heavy atom. The van der Waals surface area contributed by atoms with E-state index in [9.17, 15) is 5.11 Å². The highest BCUT2D eigenvalue weighted by Gasteiger charge is 2.47. The van der Waals surface area contributed by atoms with Crippen LogP contribution in [0.3, 0.4) is 0 Å². The number of hydrogen-bond donors (Lipinski definition) is 1. The highest BCUT2D eigenvalue weighted by Crippen LogP contribution is 2.45. The van der Waals surface area contributed by atoms with Crippen LogP contribution in [0.1, 0.15) is 12.0 Å². The standard InChI is InChI=1S/C13H17NO/c15-13-9-14(8-11-6-12(11)13)7-10-4-2-1-3-5-10/h1-5,11-13,15H,6-9H2. The van der Waals surface area contributed by atoms with E-state index in [-0.39, 0.29) is 6.10 Å². The zero-order valence-electron chi connectivity index (χ0n) is 8.84. The summed E-state index contributed by atoms with van der Waals surface area (Å²) in [6.45, 7) is 3.02. The quantitative estimate of drug-likeness (QED) is 0.787. The third kappa shape index (κ3) is 1.92. The van der Waals surface area contributed by atoms with Gasteiger partial charge in [0.05, 0.1) is 6.10 Å². The SMILES string of the molecule is OC1CN(Cc2ccccc2)CC2CC12. The minimum Gasteiger partial charge on any atom is -0.391 e. The predicted molar refractivity (Wildman–Crippen MR) is 59.3 cm³/mol. The number of nitrogens with zero attached hydrogens (tertiary/aromatic N) is 1. The van der Waals surface area contributed by atoms with Crippen molar-refractivity contribution in [3.8, 4) is 0 Å². The van der Waals surface area contributed by atoms with Crippen LogP contribution in [0.2, 0.25) is 0 Å². The first-order chi connectivity index (χ1) is 7.33. The van der Waals surface area contributed by atoms with Crippen LogP contribution >= 0.6 is 0 Å². The molecule has 0 spiro atoms. The average molecular weight is 203 g/mol. The monoisotopic (exact) mass is 203 g/mol. The summed E-state index contributed by atoms with van der Waals surface area (Å²) in [4.78, 5) is 2.38. The second-order valence-corrected chi connectivity index (χ2v) is 4.91. The summed E-state index contributed by atoms with van der Waals surface area (Å²) < 4.78 is 0. The smallest absolute Gasteiger partial charge is 0.0698 e. The van der Waals surface area contributed by atoms with Crippen LogP contribution in [0, 0.1) is 11.8 Å². The third-order valence-electron chi connectivity index (χ3n) is 3.66. The molecule has 15 heavy (non-hydrogen) atoms. The zero-order chi connectivity index (χ0) is 10.3. The van der Waals surface area contributed by atoms with Crippen LogP contribution in [0.4, 0.5) is 0 Å². The Morgan fingerprint density at radius 3 is 2.73 bits per heavy atom. The fourth-order valence-electron chi connectivity index (χ4n) is 2.73. The summed E-state index contributed by atoms with van der Waals surface area (Å²) in [5.74, 6) is 1.40. The van der Waals surface area contributed by atoms with Crippen molar-refractivity contribution in [3.63, 3.8) is 0 Å². The topological polar surface area (TPSA) is 23.5 Å². The van der Waals surface area contributed by atoms with E-state index >= 15 is 0 Å². The summed E-state index contributed by atoms with van der Waals surface area (Å²) in [5, 5.41) is 9.83. The van der Waals surface area contributed by atoms with Gasteiger partial charge in [-0.2, -0.15) is 0 Å². The summed E-state index contributed by atoms with van der Waals surface area (Å²) in [6, 6.07) is 10.5.